The Morgan fingerprint density at radius 2 is 1.93 bits per heavy atom. The van der Waals surface area contributed by atoms with Gasteiger partial charge < -0.3 is 0 Å². The maximum atomic E-state index is 13.1. The molecule has 2 atom stereocenters. The summed E-state index contributed by atoms with van der Waals surface area (Å²) in [4.78, 5) is 6.80. The van der Waals surface area contributed by atoms with Gasteiger partial charge in [0.1, 0.15) is 0 Å². The van der Waals surface area contributed by atoms with Gasteiger partial charge in [-0.25, -0.2) is 8.42 Å². The fraction of sp³-hybridized carbons (Fsp3) is 0.300. The molecule has 2 aliphatic heterocycles. The number of pyridine rings is 1. The van der Waals surface area contributed by atoms with Crippen molar-refractivity contribution in [2.75, 3.05) is 13.1 Å². The molecule has 0 bridgehead atoms. The van der Waals surface area contributed by atoms with Crippen LogP contribution in [0.15, 0.2) is 60.0 Å². The number of nitrogens with zero attached hydrogens (tertiary/aromatic N) is 4. The van der Waals surface area contributed by atoms with Crippen molar-refractivity contribution >= 4 is 9.84 Å². The molecule has 0 unspecified atom stereocenters. The van der Waals surface area contributed by atoms with Crippen LogP contribution in [0.25, 0.3) is 11.1 Å². The monoisotopic (exact) mass is 380 g/mol. The first-order valence-corrected chi connectivity index (χ1v) is 10.5. The van der Waals surface area contributed by atoms with Crippen molar-refractivity contribution in [3.8, 4) is 11.1 Å². The predicted molar refractivity (Wildman–Crippen MR) is 102 cm³/mol. The number of likely N-dealkylation sites (tertiary alicyclic amines) is 1. The summed E-state index contributed by atoms with van der Waals surface area (Å²) in [5, 5.41) is 3.88. The number of sulfone groups is 1. The van der Waals surface area contributed by atoms with Crippen molar-refractivity contribution < 1.29 is 8.42 Å². The lowest BCUT2D eigenvalue weighted by molar-refractivity contribution is 0.325. The molecule has 1 aromatic carbocycles. The highest BCUT2D eigenvalue weighted by molar-refractivity contribution is 7.92. The largest absolute Gasteiger partial charge is 0.297 e. The van der Waals surface area contributed by atoms with Crippen molar-refractivity contribution in [3.63, 3.8) is 0 Å². The van der Waals surface area contributed by atoms with Gasteiger partial charge in [-0.3, -0.25) is 14.6 Å². The standard InChI is InChI=1S/C20H20N4O2S/c1-23-11-16(9-22-23)15-2-3-19-17(8-15)18-12-24(13-20(18)27(19,25)26)10-14-4-6-21-7-5-14/h2-9,11,18,20H,10,12-13H2,1H3/t18-,20-/m0/s1. The Labute approximate surface area is 158 Å². The van der Waals surface area contributed by atoms with E-state index in [1.807, 2.05) is 43.7 Å². The van der Waals surface area contributed by atoms with E-state index in [0.717, 1.165) is 35.3 Å². The molecule has 0 aliphatic carbocycles. The van der Waals surface area contributed by atoms with E-state index in [-0.39, 0.29) is 11.2 Å². The van der Waals surface area contributed by atoms with Crippen LogP contribution in [0.5, 0.6) is 0 Å². The number of hydrogen-bond donors (Lipinski definition) is 0. The van der Waals surface area contributed by atoms with Gasteiger partial charge in [-0.1, -0.05) is 6.07 Å². The van der Waals surface area contributed by atoms with Crippen molar-refractivity contribution in [3.05, 3.63) is 66.2 Å². The molecule has 6 nitrogen and oxygen atoms in total. The lowest BCUT2D eigenvalue weighted by Crippen LogP contribution is -2.25. The summed E-state index contributed by atoms with van der Waals surface area (Å²) < 4.78 is 27.9. The molecule has 7 heteroatoms. The molecular weight excluding hydrogens is 360 g/mol. The normalized spacial score (nSPS) is 23.3. The van der Waals surface area contributed by atoms with Crippen LogP contribution in [0.3, 0.4) is 0 Å². The Morgan fingerprint density at radius 1 is 1.11 bits per heavy atom. The lowest BCUT2D eigenvalue weighted by Gasteiger charge is -2.17. The van der Waals surface area contributed by atoms with Crippen LogP contribution in [0, 0.1) is 0 Å². The SMILES string of the molecule is Cn1cc(-c2ccc3c(c2)[C@@H]2CN(Cc4ccncc4)C[C@@H]2S3(=O)=O)cn1. The molecule has 0 spiro atoms. The summed E-state index contributed by atoms with van der Waals surface area (Å²) in [6, 6.07) is 9.68. The third-order valence-corrected chi connectivity index (χ3v) is 7.91. The quantitative estimate of drug-likeness (QED) is 0.697. The van der Waals surface area contributed by atoms with Gasteiger partial charge in [0, 0.05) is 56.8 Å². The van der Waals surface area contributed by atoms with Gasteiger partial charge >= 0.3 is 0 Å². The number of rotatable bonds is 3. The molecule has 2 aliphatic rings. The van der Waals surface area contributed by atoms with E-state index >= 15 is 0 Å². The van der Waals surface area contributed by atoms with Gasteiger partial charge in [-0.2, -0.15) is 5.10 Å². The third-order valence-electron chi connectivity index (χ3n) is 5.65. The number of fused-ring (bicyclic) bond motifs is 3. The summed E-state index contributed by atoms with van der Waals surface area (Å²) in [6.45, 7) is 2.09. The fourth-order valence-electron chi connectivity index (χ4n) is 4.35. The minimum absolute atomic E-state index is 0.0310. The van der Waals surface area contributed by atoms with E-state index in [1.54, 1.807) is 23.1 Å². The number of aromatic nitrogens is 3. The van der Waals surface area contributed by atoms with E-state index < -0.39 is 9.84 Å². The Balaban J connectivity index is 1.48. The maximum absolute atomic E-state index is 13.1. The topological polar surface area (TPSA) is 68.1 Å². The van der Waals surface area contributed by atoms with Gasteiger partial charge in [0.2, 0.25) is 0 Å². The zero-order valence-corrected chi connectivity index (χ0v) is 15.8. The highest BCUT2D eigenvalue weighted by Gasteiger charge is 2.50. The molecule has 27 heavy (non-hydrogen) atoms. The average molecular weight is 380 g/mol. The molecule has 0 saturated carbocycles. The zero-order chi connectivity index (χ0) is 18.6. The highest BCUT2D eigenvalue weighted by atomic mass is 32.2. The van der Waals surface area contributed by atoms with Gasteiger partial charge in [0.05, 0.1) is 16.3 Å². The summed E-state index contributed by atoms with van der Waals surface area (Å²) in [7, 11) is -1.40. The summed E-state index contributed by atoms with van der Waals surface area (Å²) in [5.41, 5.74) is 4.14. The maximum Gasteiger partial charge on any atom is 0.183 e. The van der Waals surface area contributed by atoms with E-state index in [0.29, 0.717) is 11.4 Å². The summed E-state index contributed by atoms with van der Waals surface area (Å²) in [5.74, 6) is 0.0310. The second kappa shape index (κ2) is 6.00. The highest BCUT2D eigenvalue weighted by Crippen LogP contribution is 2.46. The van der Waals surface area contributed by atoms with E-state index in [4.69, 9.17) is 0 Å². The molecule has 5 rings (SSSR count). The minimum atomic E-state index is -3.28. The molecule has 138 valence electrons. The van der Waals surface area contributed by atoms with E-state index in [9.17, 15) is 8.42 Å². The average Bonchev–Trinajstić information content (AvgIpc) is 3.33. The second-order valence-electron chi connectivity index (χ2n) is 7.39. The molecule has 4 heterocycles. The molecule has 0 amide bonds. The molecule has 1 fully saturated rings. The Bertz CT molecular complexity index is 1110. The predicted octanol–water partition coefficient (Wildman–Crippen LogP) is 2.24. The first-order valence-electron chi connectivity index (χ1n) is 9.00. The number of aryl methyl sites for hydroxylation is 1. The van der Waals surface area contributed by atoms with Crippen molar-refractivity contribution in [1.29, 1.82) is 0 Å². The first-order chi connectivity index (χ1) is 13.0. The Hall–Kier alpha value is -2.51. The third kappa shape index (κ3) is 2.69. The van der Waals surface area contributed by atoms with Crippen LogP contribution in [-0.4, -0.2) is 46.4 Å². The second-order valence-corrected chi connectivity index (χ2v) is 9.53. The van der Waals surface area contributed by atoms with Crippen LogP contribution in [0.2, 0.25) is 0 Å². The van der Waals surface area contributed by atoms with Gasteiger partial charge in [-0.15, -0.1) is 0 Å². The number of benzene rings is 1. The van der Waals surface area contributed by atoms with Crippen LogP contribution < -0.4 is 0 Å². The smallest absolute Gasteiger partial charge is 0.183 e. The minimum Gasteiger partial charge on any atom is -0.297 e. The van der Waals surface area contributed by atoms with Crippen LogP contribution >= 0.6 is 0 Å². The van der Waals surface area contributed by atoms with Crippen molar-refractivity contribution in [2.24, 2.45) is 7.05 Å². The summed E-state index contributed by atoms with van der Waals surface area (Å²) >= 11 is 0. The van der Waals surface area contributed by atoms with Crippen LogP contribution in [0.4, 0.5) is 0 Å². The molecule has 0 radical (unpaired) electrons. The van der Waals surface area contributed by atoms with E-state index in [2.05, 4.69) is 15.0 Å². The van der Waals surface area contributed by atoms with Gasteiger partial charge in [0.15, 0.2) is 9.84 Å². The van der Waals surface area contributed by atoms with Crippen molar-refractivity contribution in [2.45, 2.75) is 22.6 Å². The van der Waals surface area contributed by atoms with Crippen molar-refractivity contribution in [1.82, 2.24) is 19.7 Å². The van der Waals surface area contributed by atoms with Crippen LogP contribution in [0.1, 0.15) is 17.0 Å². The van der Waals surface area contributed by atoms with Gasteiger partial charge in [0.25, 0.3) is 0 Å². The van der Waals surface area contributed by atoms with E-state index in [1.165, 1.54) is 0 Å². The Kier molecular flexibility index (Phi) is 3.70. The fourth-order valence-corrected chi connectivity index (χ4v) is 6.55. The lowest BCUT2D eigenvalue weighted by atomic mass is 9.95. The number of hydrogen-bond acceptors (Lipinski definition) is 5. The molecule has 1 saturated heterocycles. The van der Waals surface area contributed by atoms with Gasteiger partial charge in [-0.05, 0) is 41.0 Å². The molecule has 3 aromatic rings. The first kappa shape index (κ1) is 16.6. The molecular formula is C20H20N4O2S. The molecule has 0 N–H and O–H groups in total. The zero-order valence-electron chi connectivity index (χ0n) is 15.0. The van der Waals surface area contributed by atoms with Crippen LogP contribution in [-0.2, 0) is 23.4 Å². The molecule has 2 aromatic heterocycles. The summed E-state index contributed by atoms with van der Waals surface area (Å²) in [6.07, 6.45) is 7.32. The Morgan fingerprint density at radius 3 is 2.67 bits per heavy atom.